The third-order valence-corrected chi connectivity index (χ3v) is 4.16. The van der Waals surface area contributed by atoms with Gasteiger partial charge in [-0.2, -0.15) is 0 Å². The van der Waals surface area contributed by atoms with Crippen molar-refractivity contribution in [1.82, 2.24) is 4.98 Å². The molecule has 0 saturated heterocycles. The van der Waals surface area contributed by atoms with Gasteiger partial charge in [0.1, 0.15) is 0 Å². The molecule has 0 N–H and O–H groups in total. The Labute approximate surface area is 116 Å². The van der Waals surface area contributed by atoms with Gasteiger partial charge in [-0.1, -0.05) is 40.0 Å². The topological polar surface area (TPSA) is 30.0 Å². The molecule has 1 aromatic rings. The van der Waals surface area contributed by atoms with Crippen LogP contribution < -0.4 is 0 Å². The third-order valence-electron chi connectivity index (χ3n) is 4.16. The lowest BCUT2D eigenvalue weighted by molar-refractivity contribution is 0.0809. The van der Waals surface area contributed by atoms with Crippen LogP contribution in [0.25, 0.3) is 0 Å². The SMILES string of the molecule is CCCCCCc1ccc2c(n1)CCC(C)(C)C2=O. The molecule has 2 heteroatoms. The summed E-state index contributed by atoms with van der Waals surface area (Å²) in [4.78, 5) is 17.0. The van der Waals surface area contributed by atoms with Crippen LogP contribution in [0.3, 0.4) is 0 Å². The smallest absolute Gasteiger partial charge is 0.170 e. The zero-order chi connectivity index (χ0) is 13.9. The fourth-order valence-corrected chi connectivity index (χ4v) is 2.72. The van der Waals surface area contributed by atoms with Gasteiger partial charge in [0, 0.05) is 16.7 Å². The fraction of sp³-hybridized carbons (Fsp3) is 0.647. The maximum Gasteiger partial charge on any atom is 0.170 e. The highest BCUT2D eigenvalue weighted by atomic mass is 16.1. The first-order valence-corrected chi connectivity index (χ1v) is 7.58. The number of carbonyl (C=O) groups excluding carboxylic acids is 1. The molecule has 0 saturated carbocycles. The maximum absolute atomic E-state index is 12.3. The van der Waals surface area contributed by atoms with Gasteiger partial charge in [0.2, 0.25) is 0 Å². The van der Waals surface area contributed by atoms with Crippen molar-refractivity contribution in [2.75, 3.05) is 0 Å². The van der Waals surface area contributed by atoms with Crippen molar-refractivity contribution >= 4 is 5.78 Å². The van der Waals surface area contributed by atoms with E-state index in [1.54, 1.807) is 0 Å². The van der Waals surface area contributed by atoms with E-state index >= 15 is 0 Å². The average molecular weight is 259 g/mol. The second kappa shape index (κ2) is 5.85. The Kier molecular flexibility index (Phi) is 4.38. The summed E-state index contributed by atoms with van der Waals surface area (Å²) in [6, 6.07) is 4.05. The molecule has 1 heterocycles. The zero-order valence-corrected chi connectivity index (χ0v) is 12.5. The molecule has 0 aliphatic heterocycles. The first-order chi connectivity index (χ1) is 9.04. The summed E-state index contributed by atoms with van der Waals surface area (Å²) in [6.45, 7) is 6.30. The molecule has 0 atom stereocenters. The highest BCUT2D eigenvalue weighted by Crippen LogP contribution is 2.33. The zero-order valence-electron chi connectivity index (χ0n) is 12.5. The number of hydrogen-bond acceptors (Lipinski definition) is 2. The monoisotopic (exact) mass is 259 g/mol. The first-order valence-electron chi connectivity index (χ1n) is 7.58. The van der Waals surface area contributed by atoms with Crippen LogP contribution in [-0.2, 0) is 12.8 Å². The molecule has 1 aromatic heterocycles. The Hall–Kier alpha value is -1.18. The normalized spacial score (nSPS) is 17.3. The number of ketones is 1. The maximum atomic E-state index is 12.3. The number of pyridine rings is 1. The summed E-state index contributed by atoms with van der Waals surface area (Å²) >= 11 is 0. The van der Waals surface area contributed by atoms with E-state index in [0.717, 1.165) is 36.2 Å². The van der Waals surface area contributed by atoms with Crippen LogP contribution >= 0.6 is 0 Å². The van der Waals surface area contributed by atoms with Gasteiger partial charge >= 0.3 is 0 Å². The van der Waals surface area contributed by atoms with E-state index in [0.29, 0.717) is 0 Å². The van der Waals surface area contributed by atoms with Gasteiger partial charge in [0.25, 0.3) is 0 Å². The summed E-state index contributed by atoms with van der Waals surface area (Å²) in [5.41, 5.74) is 2.82. The predicted octanol–water partition coefficient (Wildman–Crippen LogP) is 4.36. The van der Waals surface area contributed by atoms with Crippen molar-refractivity contribution in [3.8, 4) is 0 Å². The molecular weight excluding hydrogens is 234 g/mol. The number of fused-ring (bicyclic) bond motifs is 1. The first kappa shape index (κ1) is 14.2. The predicted molar refractivity (Wildman–Crippen MR) is 78.5 cm³/mol. The van der Waals surface area contributed by atoms with E-state index in [4.69, 9.17) is 4.98 Å². The molecule has 0 aromatic carbocycles. The number of rotatable bonds is 5. The van der Waals surface area contributed by atoms with E-state index in [2.05, 4.69) is 6.92 Å². The minimum absolute atomic E-state index is 0.211. The largest absolute Gasteiger partial charge is 0.294 e. The van der Waals surface area contributed by atoms with Crippen molar-refractivity contribution in [3.05, 3.63) is 29.1 Å². The van der Waals surface area contributed by atoms with Crippen molar-refractivity contribution in [3.63, 3.8) is 0 Å². The summed E-state index contributed by atoms with van der Waals surface area (Å²) in [5, 5.41) is 0. The Morgan fingerprint density at radius 3 is 2.74 bits per heavy atom. The van der Waals surface area contributed by atoms with Gasteiger partial charge in [-0.15, -0.1) is 0 Å². The number of hydrogen-bond donors (Lipinski definition) is 0. The summed E-state index contributed by atoms with van der Waals surface area (Å²) in [6.07, 6.45) is 7.96. The molecule has 1 aliphatic carbocycles. The molecule has 104 valence electrons. The highest BCUT2D eigenvalue weighted by molar-refractivity contribution is 6.01. The fourth-order valence-electron chi connectivity index (χ4n) is 2.72. The summed E-state index contributed by atoms with van der Waals surface area (Å²) in [7, 11) is 0. The molecule has 2 rings (SSSR count). The molecule has 1 aliphatic rings. The van der Waals surface area contributed by atoms with Gasteiger partial charge < -0.3 is 0 Å². The number of aromatic nitrogens is 1. The lowest BCUT2D eigenvalue weighted by Gasteiger charge is -2.29. The molecule has 0 bridgehead atoms. The van der Waals surface area contributed by atoms with Crippen LogP contribution in [0.2, 0.25) is 0 Å². The molecule has 0 spiro atoms. The Morgan fingerprint density at radius 2 is 2.00 bits per heavy atom. The van der Waals surface area contributed by atoms with Gasteiger partial charge in [-0.05, 0) is 37.8 Å². The highest BCUT2D eigenvalue weighted by Gasteiger charge is 2.34. The lowest BCUT2D eigenvalue weighted by atomic mass is 9.75. The minimum atomic E-state index is -0.211. The van der Waals surface area contributed by atoms with Gasteiger partial charge in [-0.25, -0.2) is 0 Å². The molecule has 2 nitrogen and oxygen atoms in total. The van der Waals surface area contributed by atoms with Crippen LogP contribution in [0.5, 0.6) is 0 Å². The van der Waals surface area contributed by atoms with E-state index in [1.807, 2.05) is 26.0 Å². The molecule has 19 heavy (non-hydrogen) atoms. The number of aryl methyl sites for hydroxylation is 2. The van der Waals surface area contributed by atoms with Crippen molar-refractivity contribution in [2.45, 2.75) is 65.7 Å². The second-order valence-corrected chi connectivity index (χ2v) is 6.32. The Balaban J connectivity index is 2.06. The van der Waals surface area contributed by atoms with Crippen molar-refractivity contribution in [2.24, 2.45) is 5.41 Å². The molecular formula is C17H25NO. The van der Waals surface area contributed by atoms with Gasteiger partial charge in [-0.3, -0.25) is 9.78 Å². The molecule has 0 fully saturated rings. The molecule has 0 amide bonds. The number of nitrogens with zero attached hydrogens (tertiary/aromatic N) is 1. The van der Waals surface area contributed by atoms with E-state index in [1.165, 1.54) is 25.7 Å². The Bertz CT molecular complexity index is 462. The Morgan fingerprint density at radius 1 is 1.21 bits per heavy atom. The second-order valence-electron chi connectivity index (χ2n) is 6.32. The number of unbranched alkanes of at least 4 members (excludes halogenated alkanes) is 3. The number of Topliss-reactive ketones (excluding diaryl/α,β-unsaturated/α-hetero) is 1. The van der Waals surface area contributed by atoms with Crippen LogP contribution in [-0.4, -0.2) is 10.8 Å². The van der Waals surface area contributed by atoms with Crippen LogP contribution in [0, 0.1) is 5.41 Å². The van der Waals surface area contributed by atoms with Crippen molar-refractivity contribution < 1.29 is 4.79 Å². The van der Waals surface area contributed by atoms with Crippen molar-refractivity contribution in [1.29, 1.82) is 0 Å². The number of carbonyl (C=O) groups is 1. The average Bonchev–Trinajstić information content (AvgIpc) is 2.40. The van der Waals surface area contributed by atoms with Gasteiger partial charge in [0.15, 0.2) is 5.78 Å². The summed E-state index contributed by atoms with van der Waals surface area (Å²) in [5.74, 6) is 0.263. The molecule has 0 unspecified atom stereocenters. The standard InChI is InChI=1S/C17H25NO/c1-4-5-6-7-8-13-9-10-14-15(18-13)11-12-17(2,3)16(14)19/h9-10H,4-8,11-12H2,1-3H3. The van der Waals surface area contributed by atoms with E-state index < -0.39 is 0 Å². The summed E-state index contributed by atoms with van der Waals surface area (Å²) < 4.78 is 0. The van der Waals surface area contributed by atoms with Gasteiger partial charge in [0.05, 0.1) is 5.69 Å². The van der Waals surface area contributed by atoms with E-state index in [-0.39, 0.29) is 11.2 Å². The van der Waals surface area contributed by atoms with Crippen LogP contribution in [0.4, 0.5) is 0 Å². The van der Waals surface area contributed by atoms with Crippen LogP contribution in [0.15, 0.2) is 12.1 Å². The molecule has 0 radical (unpaired) electrons. The van der Waals surface area contributed by atoms with E-state index in [9.17, 15) is 4.79 Å². The lowest BCUT2D eigenvalue weighted by Crippen LogP contribution is -2.31. The minimum Gasteiger partial charge on any atom is -0.294 e. The van der Waals surface area contributed by atoms with Crippen LogP contribution in [0.1, 0.15) is 74.6 Å². The third kappa shape index (κ3) is 3.23. The quantitative estimate of drug-likeness (QED) is 0.735.